The van der Waals surface area contributed by atoms with Gasteiger partial charge >= 0.3 is 6.03 Å². The molecular weight excluding hydrogens is 316 g/mol. The van der Waals surface area contributed by atoms with E-state index in [0.29, 0.717) is 5.13 Å². The highest BCUT2D eigenvalue weighted by Crippen LogP contribution is 2.28. The van der Waals surface area contributed by atoms with Gasteiger partial charge in [0.05, 0.1) is 5.69 Å². The summed E-state index contributed by atoms with van der Waals surface area (Å²) in [6.45, 7) is 0.204. The molecule has 0 bridgehead atoms. The van der Waals surface area contributed by atoms with E-state index in [2.05, 4.69) is 15.6 Å². The second-order valence-electron chi connectivity index (χ2n) is 5.88. The van der Waals surface area contributed by atoms with Crippen molar-refractivity contribution in [3.63, 3.8) is 0 Å². The number of aryl methyl sites for hydroxylation is 2. The molecule has 0 aromatic carbocycles. The molecule has 0 saturated carbocycles. The first-order valence-corrected chi connectivity index (χ1v) is 8.80. The summed E-state index contributed by atoms with van der Waals surface area (Å²) < 4.78 is 0. The third-order valence-electron chi connectivity index (χ3n) is 4.07. The summed E-state index contributed by atoms with van der Waals surface area (Å²) in [6.07, 6.45) is 7.03. The van der Waals surface area contributed by atoms with Gasteiger partial charge in [0.1, 0.15) is 6.54 Å². The van der Waals surface area contributed by atoms with Crippen molar-refractivity contribution in [3.05, 3.63) is 10.6 Å². The number of imide groups is 1. The van der Waals surface area contributed by atoms with Crippen LogP contribution in [-0.2, 0) is 22.4 Å². The molecule has 1 aliphatic heterocycles. The zero-order chi connectivity index (χ0) is 16.2. The number of urea groups is 1. The second-order valence-corrected chi connectivity index (χ2v) is 6.96. The Morgan fingerprint density at radius 1 is 1.17 bits per heavy atom. The number of nitrogens with zero attached hydrogens (tertiary/aromatic N) is 2. The van der Waals surface area contributed by atoms with Crippen molar-refractivity contribution in [2.24, 2.45) is 0 Å². The lowest BCUT2D eigenvalue weighted by atomic mass is 10.0. The van der Waals surface area contributed by atoms with E-state index in [0.717, 1.165) is 25.0 Å². The number of carbonyl (C=O) groups is 3. The van der Waals surface area contributed by atoms with E-state index in [1.165, 1.54) is 40.4 Å². The van der Waals surface area contributed by atoms with Crippen molar-refractivity contribution in [1.29, 1.82) is 0 Å². The minimum atomic E-state index is -0.511. The van der Waals surface area contributed by atoms with Crippen molar-refractivity contribution in [3.8, 4) is 0 Å². The molecule has 4 amide bonds. The standard InChI is InChI=1S/C15H20N4O3S/c20-12-7-8-19(15(22)18-12)9-13(21)17-14-16-10-5-3-1-2-4-6-11(10)23-14/h1-9H2,(H,16,17,21)(H,18,20,22). The van der Waals surface area contributed by atoms with Crippen LogP contribution in [0.1, 0.15) is 42.7 Å². The van der Waals surface area contributed by atoms with Crippen molar-refractivity contribution < 1.29 is 14.4 Å². The highest BCUT2D eigenvalue weighted by atomic mass is 32.1. The van der Waals surface area contributed by atoms with E-state index in [1.54, 1.807) is 0 Å². The molecule has 0 spiro atoms. The maximum absolute atomic E-state index is 12.1. The Kier molecular flexibility index (Phi) is 4.90. The summed E-state index contributed by atoms with van der Waals surface area (Å²) in [5.41, 5.74) is 1.10. The van der Waals surface area contributed by atoms with Crippen LogP contribution in [0.2, 0.25) is 0 Å². The Bertz CT molecular complexity index is 603. The third-order valence-corrected chi connectivity index (χ3v) is 5.14. The van der Waals surface area contributed by atoms with Crippen LogP contribution in [0.3, 0.4) is 0 Å². The normalized spacial score (nSPS) is 18.7. The quantitative estimate of drug-likeness (QED) is 0.878. The number of thiazole rings is 1. The SMILES string of the molecule is O=C1CCN(CC(=O)Nc2nc3c(s2)CCCCCC3)C(=O)N1. The zero-order valence-corrected chi connectivity index (χ0v) is 13.7. The zero-order valence-electron chi connectivity index (χ0n) is 12.9. The van der Waals surface area contributed by atoms with Crippen molar-refractivity contribution in [2.75, 3.05) is 18.4 Å². The number of anilines is 1. The lowest BCUT2D eigenvalue weighted by Crippen LogP contribution is -2.51. The molecule has 1 saturated heterocycles. The van der Waals surface area contributed by atoms with Crippen molar-refractivity contribution in [1.82, 2.24) is 15.2 Å². The van der Waals surface area contributed by atoms with Gasteiger partial charge in [0.25, 0.3) is 0 Å². The van der Waals surface area contributed by atoms with Crippen LogP contribution >= 0.6 is 11.3 Å². The molecule has 0 radical (unpaired) electrons. The van der Waals surface area contributed by atoms with E-state index in [9.17, 15) is 14.4 Å². The Morgan fingerprint density at radius 2 is 1.96 bits per heavy atom. The number of rotatable bonds is 3. The minimum Gasteiger partial charge on any atom is -0.315 e. The molecule has 3 rings (SSSR count). The average Bonchev–Trinajstić information content (AvgIpc) is 2.83. The summed E-state index contributed by atoms with van der Waals surface area (Å²) in [6, 6.07) is -0.511. The molecular formula is C15H20N4O3S. The first kappa shape index (κ1) is 15.9. The van der Waals surface area contributed by atoms with E-state index in [-0.39, 0.29) is 31.3 Å². The Hall–Kier alpha value is -1.96. The molecule has 1 fully saturated rings. The van der Waals surface area contributed by atoms with Crippen molar-refractivity contribution >= 4 is 34.3 Å². The summed E-state index contributed by atoms with van der Waals surface area (Å²) in [5, 5.41) is 5.60. The van der Waals surface area contributed by atoms with Gasteiger partial charge in [-0.05, 0) is 25.7 Å². The van der Waals surface area contributed by atoms with E-state index in [1.807, 2.05) is 0 Å². The maximum atomic E-state index is 12.1. The fourth-order valence-corrected chi connectivity index (χ4v) is 3.91. The monoisotopic (exact) mass is 336 g/mol. The molecule has 8 heteroatoms. The largest absolute Gasteiger partial charge is 0.324 e. The van der Waals surface area contributed by atoms with Gasteiger partial charge in [-0.25, -0.2) is 9.78 Å². The van der Waals surface area contributed by atoms with Gasteiger partial charge < -0.3 is 10.2 Å². The molecule has 2 heterocycles. The van der Waals surface area contributed by atoms with Gasteiger partial charge in [0.15, 0.2) is 5.13 Å². The Morgan fingerprint density at radius 3 is 2.74 bits per heavy atom. The highest BCUT2D eigenvalue weighted by molar-refractivity contribution is 7.15. The van der Waals surface area contributed by atoms with Gasteiger partial charge in [-0.1, -0.05) is 12.8 Å². The Labute approximate surface area is 138 Å². The van der Waals surface area contributed by atoms with E-state index >= 15 is 0 Å². The first-order chi connectivity index (χ1) is 11.1. The number of fused-ring (bicyclic) bond motifs is 1. The third kappa shape index (κ3) is 4.07. The molecule has 1 aromatic rings. The fraction of sp³-hybridized carbons (Fsp3) is 0.600. The predicted octanol–water partition coefficient (Wildman–Crippen LogP) is 1.68. The summed E-state index contributed by atoms with van der Waals surface area (Å²) in [5.74, 6) is -0.581. The van der Waals surface area contributed by atoms with Crippen LogP contribution in [-0.4, -0.2) is 40.8 Å². The number of hydrogen-bond donors (Lipinski definition) is 2. The number of nitrogens with one attached hydrogen (secondary N) is 2. The molecule has 2 aliphatic rings. The second kappa shape index (κ2) is 7.08. The maximum Gasteiger partial charge on any atom is 0.324 e. The van der Waals surface area contributed by atoms with E-state index in [4.69, 9.17) is 0 Å². The predicted molar refractivity (Wildman–Crippen MR) is 86.3 cm³/mol. The van der Waals surface area contributed by atoms with Gasteiger partial charge in [-0.2, -0.15) is 0 Å². The van der Waals surface area contributed by atoms with Crippen LogP contribution in [0.25, 0.3) is 0 Å². The smallest absolute Gasteiger partial charge is 0.315 e. The van der Waals surface area contributed by atoms with Gasteiger partial charge in [-0.3, -0.25) is 14.9 Å². The molecule has 2 N–H and O–H groups in total. The van der Waals surface area contributed by atoms with Crippen LogP contribution in [0.5, 0.6) is 0 Å². The molecule has 0 atom stereocenters. The molecule has 124 valence electrons. The summed E-state index contributed by atoms with van der Waals surface area (Å²) >= 11 is 1.53. The fourth-order valence-electron chi connectivity index (χ4n) is 2.84. The number of aromatic nitrogens is 1. The molecule has 1 aliphatic carbocycles. The van der Waals surface area contributed by atoms with Crippen LogP contribution < -0.4 is 10.6 Å². The molecule has 7 nitrogen and oxygen atoms in total. The van der Waals surface area contributed by atoms with Crippen LogP contribution in [0, 0.1) is 0 Å². The Balaban J connectivity index is 1.58. The number of amides is 4. The van der Waals surface area contributed by atoms with E-state index < -0.39 is 6.03 Å². The van der Waals surface area contributed by atoms with Gasteiger partial charge in [0, 0.05) is 17.8 Å². The first-order valence-electron chi connectivity index (χ1n) is 7.99. The summed E-state index contributed by atoms with van der Waals surface area (Å²) in [7, 11) is 0. The van der Waals surface area contributed by atoms with Gasteiger partial charge in [-0.15, -0.1) is 11.3 Å². The number of carbonyl (C=O) groups excluding carboxylic acids is 3. The van der Waals surface area contributed by atoms with Crippen molar-refractivity contribution in [2.45, 2.75) is 44.9 Å². The lowest BCUT2D eigenvalue weighted by Gasteiger charge is -2.25. The lowest BCUT2D eigenvalue weighted by molar-refractivity contribution is -0.123. The minimum absolute atomic E-state index is 0.0661. The van der Waals surface area contributed by atoms with Crippen LogP contribution in [0.15, 0.2) is 0 Å². The average molecular weight is 336 g/mol. The van der Waals surface area contributed by atoms with Crippen LogP contribution in [0.4, 0.5) is 9.93 Å². The summed E-state index contributed by atoms with van der Waals surface area (Å²) in [4.78, 5) is 42.0. The van der Waals surface area contributed by atoms with Gasteiger partial charge in [0.2, 0.25) is 11.8 Å². The molecule has 1 aromatic heterocycles. The topological polar surface area (TPSA) is 91.4 Å². The molecule has 23 heavy (non-hydrogen) atoms. The number of hydrogen-bond acceptors (Lipinski definition) is 5. The molecule has 0 unspecified atom stereocenters. The highest BCUT2D eigenvalue weighted by Gasteiger charge is 2.25.